The maximum atomic E-state index is 11.3. The van der Waals surface area contributed by atoms with Crippen molar-refractivity contribution < 1.29 is 85.1 Å². The smallest absolute Gasteiger partial charge is 0.748 e. The molecule has 1 aliphatic rings. The predicted octanol–water partition coefficient (Wildman–Crippen LogP) is -1.72. The van der Waals surface area contributed by atoms with Crippen molar-refractivity contribution in [2.75, 3.05) is 11.5 Å². The molecule has 35 heavy (non-hydrogen) atoms. The molecule has 1 aliphatic carbocycles. The minimum atomic E-state index is -4.39. The summed E-state index contributed by atoms with van der Waals surface area (Å²) >= 11 is 0. The van der Waals surface area contributed by atoms with E-state index in [9.17, 15) is 25.9 Å². The average Bonchev–Trinajstić information content (AvgIpc) is 3.02. The summed E-state index contributed by atoms with van der Waals surface area (Å²) in [7, 11) is -8.78. The van der Waals surface area contributed by atoms with Crippen LogP contribution in [0, 0.1) is 0 Å². The van der Waals surface area contributed by atoms with Gasteiger partial charge in [0.2, 0.25) is 0 Å². The summed E-state index contributed by atoms with van der Waals surface area (Å²) in [6.07, 6.45) is 0.990. The van der Waals surface area contributed by atoms with Gasteiger partial charge in [-0.3, -0.25) is 0 Å². The number of hydrogen-bond acceptors (Lipinski definition) is 6. The molecule has 0 saturated heterocycles. The van der Waals surface area contributed by atoms with Crippen LogP contribution in [-0.2, 0) is 25.7 Å². The standard InChI is InChI=1S/C25H26O6S2.2Na/c26-32(27,28)16-6-14-25(15-7-17-33(29,30)31)23-11-5-4-10-21(23)22-13-12-20(18-24(22)25)19-8-2-1-3-9-19;;/h1-5,8-13,18H,6-7,14-17H2,(H,26,27,28)(H,29,30,31);;/q;2*+1/p-2. The Morgan fingerprint density at radius 3 is 1.69 bits per heavy atom. The average molecular weight is 531 g/mol. The number of fused-ring (bicyclic) bond motifs is 3. The second-order valence-electron chi connectivity index (χ2n) is 8.48. The van der Waals surface area contributed by atoms with E-state index in [4.69, 9.17) is 0 Å². The fourth-order valence-electron chi connectivity index (χ4n) is 5.03. The summed E-state index contributed by atoms with van der Waals surface area (Å²) in [5, 5.41) is 0. The zero-order chi connectivity index (χ0) is 23.7. The van der Waals surface area contributed by atoms with E-state index in [-0.39, 0.29) is 72.0 Å². The molecule has 0 unspecified atom stereocenters. The molecule has 0 atom stereocenters. The van der Waals surface area contributed by atoms with Gasteiger partial charge in [-0.25, -0.2) is 16.8 Å². The second kappa shape index (κ2) is 12.3. The van der Waals surface area contributed by atoms with E-state index in [2.05, 4.69) is 6.07 Å². The maximum Gasteiger partial charge on any atom is 1.00 e. The van der Waals surface area contributed by atoms with Crippen molar-refractivity contribution in [2.45, 2.75) is 31.1 Å². The van der Waals surface area contributed by atoms with E-state index in [0.29, 0.717) is 12.8 Å². The molecule has 0 radical (unpaired) electrons. The molecule has 0 bridgehead atoms. The summed E-state index contributed by atoms with van der Waals surface area (Å²) < 4.78 is 67.9. The summed E-state index contributed by atoms with van der Waals surface area (Å²) in [4.78, 5) is 0. The van der Waals surface area contributed by atoms with Crippen molar-refractivity contribution in [2.24, 2.45) is 0 Å². The molecule has 0 N–H and O–H groups in total. The molecule has 0 heterocycles. The molecular formula is C25H24Na2O6S2. The van der Waals surface area contributed by atoms with Crippen LogP contribution >= 0.6 is 0 Å². The van der Waals surface area contributed by atoms with Crippen LogP contribution in [0.1, 0.15) is 36.8 Å². The van der Waals surface area contributed by atoms with Gasteiger partial charge in [-0.05, 0) is 65.1 Å². The Morgan fingerprint density at radius 2 is 1.11 bits per heavy atom. The minimum Gasteiger partial charge on any atom is -0.748 e. The molecule has 0 aromatic heterocycles. The van der Waals surface area contributed by atoms with Crippen LogP contribution in [-0.4, -0.2) is 37.4 Å². The zero-order valence-electron chi connectivity index (χ0n) is 19.9. The molecule has 0 saturated carbocycles. The van der Waals surface area contributed by atoms with Crippen LogP contribution < -0.4 is 59.1 Å². The van der Waals surface area contributed by atoms with E-state index in [1.54, 1.807) is 0 Å². The van der Waals surface area contributed by atoms with E-state index in [1.165, 1.54) is 0 Å². The van der Waals surface area contributed by atoms with Gasteiger partial charge < -0.3 is 9.11 Å². The molecule has 0 aliphatic heterocycles. The molecule has 4 rings (SSSR count). The summed E-state index contributed by atoms with van der Waals surface area (Å²) in [6.45, 7) is 0. The van der Waals surface area contributed by atoms with Gasteiger partial charge in [-0.1, -0.05) is 66.7 Å². The molecule has 10 heteroatoms. The van der Waals surface area contributed by atoms with E-state index >= 15 is 0 Å². The third-order valence-corrected chi connectivity index (χ3v) is 7.95. The Morgan fingerprint density at radius 1 is 0.600 bits per heavy atom. The normalized spacial score (nSPS) is 13.8. The van der Waals surface area contributed by atoms with Crippen LogP contribution in [0.15, 0.2) is 72.8 Å². The van der Waals surface area contributed by atoms with Gasteiger partial charge in [0.25, 0.3) is 0 Å². The Hall–Kier alpha value is -0.520. The fourth-order valence-corrected chi connectivity index (χ4v) is 6.03. The number of hydrogen-bond donors (Lipinski definition) is 0. The van der Waals surface area contributed by atoms with Gasteiger partial charge in [-0.2, -0.15) is 0 Å². The van der Waals surface area contributed by atoms with Crippen LogP contribution in [0.3, 0.4) is 0 Å². The molecule has 6 nitrogen and oxygen atoms in total. The predicted molar refractivity (Wildman–Crippen MR) is 126 cm³/mol. The van der Waals surface area contributed by atoms with Gasteiger partial charge in [-0.15, -0.1) is 0 Å². The molecule has 0 spiro atoms. The Balaban J connectivity index is 0.00000216. The van der Waals surface area contributed by atoms with Crippen LogP contribution in [0.4, 0.5) is 0 Å². The first-order valence-electron chi connectivity index (χ1n) is 10.8. The van der Waals surface area contributed by atoms with Crippen molar-refractivity contribution in [3.8, 4) is 22.3 Å². The van der Waals surface area contributed by atoms with Gasteiger partial charge in [0.1, 0.15) is 0 Å². The fraction of sp³-hybridized carbons (Fsp3) is 0.280. The third-order valence-electron chi connectivity index (χ3n) is 6.37. The SMILES string of the molecule is O=S(=O)([O-])CCCC1(CCCS(=O)(=O)[O-])c2ccccc2-c2ccc(-c3ccccc3)cc21.[Na+].[Na+]. The zero-order valence-corrected chi connectivity index (χ0v) is 25.6. The maximum absolute atomic E-state index is 11.3. The van der Waals surface area contributed by atoms with Gasteiger partial charge >= 0.3 is 59.1 Å². The summed E-state index contributed by atoms with van der Waals surface area (Å²) in [6, 6.07) is 23.7. The minimum absolute atomic E-state index is 0. The van der Waals surface area contributed by atoms with Crippen molar-refractivity contribution in [3.05, 3.63) is 83.9 Å². The first kappa shape index (κ1) is 30.7. The molecule has 0 fully saturated rings. The topological polar surface area (TPSA) is 114 Å². The number of benzene rings is 3. The summed E-state index contributed by atoms with van der Waals surface area (Å²) in [5.41, 5.74) is 5.26. The first-order chi connectivity index (χ1) is 15.6. The van der Waals surface area contributed by atoms with Crippen molar-refractivity contribution in [3.63, 3.8) is 0 Å². The largest absolute Gasteiger partial charge is 1.00 e. The van der Waals surface area contributed by atoms with Crippen LogP contribution in [0.5, 0.6) is 0 Å². The van der Waals surface area contributed by atoms with Gasteiger partial charge in [0.15, 0.2) is 0 Å². The molecular weight excluding hydrogens is 506 g/mol. The van der Waals surface area contributed by atoms with Gasteiger partial charge in [0, 0.05) is 16.9 Å². The molecule has 0 amide bonds. The van der Waals surface area contributed by atoms with Crippen molar-refractivity contribution in [1.29, 1.82) is 0 Å². The Kier molecular flexibility index (Phi) is 10.8. The van der Waals surface area contributed by atoms with E-state index in [0.717, 1.165) is 33.4 Å². The first-order valence-corrected chi connectivity index (χ1v) is 13.9. The Bertz CT molecular complexity index is 1340. The third kappa shape index (κ3) is 7.29. The van der Waals surface area contributed by atoms with Gasteiger partial charge in [0.05, 0.1) is 20.2 Å². The van der Waals surface area contributed by atoms with Crippen molar-refractivity contribution >= 4 is 20.2 Å². The second-order valence-corrected chi connectivity index (χ2v) is 11.5. The van der Waals surface area contributed by atoms with E-state index < -0.39 is 37.2 Å². The van der Waals surface area contributed by atoms with E-state index in [1.807, 2.05) is 66.7 Å². The van der Waals surface area contributed by atoms with Crippen LogP contribution in [0.25, 0.3) is 22.3 Å². The monoisotopic (exact) mass is 530 g/mol. The van der Waals surface area contributed by atoms with Crippen LogP contribution in [0.2, 0.25) is 0 Å². The summed E-state index contributed by atoms with van der Waals surface area (Å²) in [5.74, 6) is -0.991. The molecule has 174 valence electrons. The quantitative estimate of drug-likeness (QED) is 0.240. The van der Waals surface area contributed by atoms with Crippen molar-refractivity contribution in [1.82, 2.24) is 0 Å². The Labute approximate surface area is 251 Å². The molecule has 3 aromatic carbocycles. The molecule has 3 aromatic rings. The number of rotatable bonds is 9.